The average molecular weight is 223 g/mol. The van der Waals surface area contributed by atoms with Gasteiger partial charge in [-0.3, -0.25) is 0 Å². The maximum Gasteiger partial charge on any atom is 0.119 e. The fraction of sp³-hybridized carbons (Fsp3) is 0.538. The molecule has 0 aromatic heterocycles. The van der Waals surface area contributed by atoms with Crippen molar-refractivity contribution in [1.29, 1.82) is 0 Å². The standard InChI is InChI=1S/C13H21NO2/c1-3-14-12(9-10-15-2)11-16-13-7-5-4-6-8-13/h4-8,12,14H,3,9-11H2,1-2H3. The Hall–Kier alpha value is -1.06. The number of hydrogen-bond donors (Lipinski definition) is 1. The molecule has 0 fully saturated rings. The van der Waals surface area contributed by atoms with Gasteiger partial charge in [-0.25, -0.2) is 0 Å². The molecule has 1 aromatic rings. The Kier molecular flexibility index (Phi) is 6.61. The molecule has 90 valence electrons. The van der Waals surface area contributed by atoms with Gasteiger partial charge in [0.05, 0.1) is 0 Å². The number of nitrogens with one attached hydrogen (secondary N) is 1. The molecule has 0 bridgehead atoms. The second-order valence-electron chi connectivity index (χ2n) is 3.66. The van der Waals surface area contributed by atoms with Crippen LogP contribution in [-0.4, -0.2) is 32.9 Å². The van der Waals surface area contributed by atoms with E-state index in [1.807, 2.05) is 30.3 Å². The molecule has 1 aromatic carbocycles. The molecule has 0 saturated heterocycles. The largest absolute Gasteiger partial charge is 0.492 e. The highest BCUT2D eigenvalue weighted by molar-refractivity contribution is 5.20. The summed E-state index contributed by atoms with van der Waals surface area (Å²) in [6.07, 6.45) is 0.969. The van der Waals surface area contributed by atoms with Crippen LogP contribution in [0.3, 0.4) is 0 Å². The van der Waals surface area contributed by atoms with Gasteiger partial charge in [0.25, 0.3) is 0 Å². The van der Waals surface area contributed by atoms with E-state index in [1.165, 1.54) is 0 Å². The number of para-hydroxylation sites is 1. The fourth-order valence-corrected chi connectivity index (χ4v) is 1.51. The van der Waals surface area contributed by atoms with Crippen LogP contribution in [0, 0.1) is 0 Å². The molecular formula is C13H21NO2. The molecule has 3 nitrogen and oxygen atoms in total. The lowest BCUT2D eigenvalue weighted by molar-refractivity contribution is 0.166. The molecular weight excluding hydrogens is 202 g/mol. The predicted molar refractivity (Wildman–Crippen MR) is 65.9 cm³/mol. The van der Waals surface area contributed by atoms with Crippen molar-refractivity contribution >= 4 is 0 Å². The van der Waals surface area contributed by atoms with E-state index in [-0.39, 0.29) is 0 Å². The van der Waals surface area contributed by atoms with Crippen molar-refractivity contribution < 1.29 is 9.47 Å². The van der Waals surface area contributed by atoms with Crippen LogP contribution in [0.4, 0.5) is 0 Å². The molecule has 0 aliphatic rings. The summed E-state index contributed by atoms with van der Waals surface area (Å²) in [5.41, 5.74) is 0. The van der Waals surface area contributed by atoms with Gasteiger partial charge in [0.1, 0.15) is 12.4 Å². The Balaban J connectivity index is 2.31. The molecule has 1 unspecified atom stereocenters. The van der Waals surface area contributed by atoms with Crippen molar-refractivity contribution in [1.82, 2.24) is 5.32 Å². The molecule has 0 aliphatic heterocycles. The van der Waals surface area contributed by atoms with Crippen LogP contribution in [0.1, 0.15) is 13.3 Å². The van der Waals surface area contributed by atoms with E-state index in [9.17, 15) is 0 Å². The Morgan fingerprint density at radius 1 is 1.25 bits per heavy atom. The van der Waals surface area contributed by atoms with Gasteiger partial charge in [0.2, 0.25) is 0 Å². The SMILES string of the molecule is CCNC(CCOC)COc1ccccc1. The minimum Gasteiger partial charge on any atom is -0.492 e. The fourth-order valence-electron chi connectivity index (χ4n) is 1.51. The van der Waals surface area contributed by atoms with E-state index in [0.717, 1.165) is 25.3 Å². The zero-order valence-electron chi connectivity index (χ0n) is 10.1. The summed E-state index contributed by atoms with van der Waals surface area (Å²) in [5, 5.41) is 3.38. The average Bonchev–Trinajstić information content (AvgIpc) is 2.34. The van der Waals surface area contributed by atoms with Crippen LogP contribution in [0.5, 0.6) is 5.75 Å². The van der Waals surface area contributed by atoms with Crippen molar-refractivity contribution in [2.75, 3.05) is 26.9 Å². The monoisotopic (exact) mass is 223 g/mol. The third-order valence-corrected chi connectivity index (χ3v) is 2.36. The summed E-state index contributed by atoms with van der Waals surface area (Å²) >= 11 is 0. The summed E-state index contributed by atoms with van der Waals surface area (Å²) in [5.74, 6) is 0.919. The van der Waals surface area contributed by atoms with E-state index < -0.39 is 0 Å². The first kappa shape index (κ1) is 13.0. The van der Waals surface area contributed by atoms with E-state index in [1.54, 1.807) is 7.11 Å². The quantitative estimate of drug-likeness (QED) is 0.732. The van der Waals surface area contributed by atoms with E-state index in [4.69, 9.17) is 9.47 Å². The summed E-state index contributed by atoms with van der Waals surface area (Å²) in [6, 6.07) is 10.2. The minimum absolute atomic E-state index is 0.352. The van der Waals surface area contributed by atoms with Crippen LogP contribution in [0.25, 0.3) is 0 Å². The third kappa shape index (κ3) is 5.14. The smallest absolute Gasteiger partial charge is 0.119 e. The lowest BCUT2D eigenvalue weighted by atomic mass is 10.2. The molecule has 3 heteroatoms. The molecule has 0 saturated carbocycles. The van der Waals surface area contributed by atoms with Crippen molar-refractivity contribution in [3.8, 4) is 5.75 Å². The highest BCUT2D eigenvalue weighted by Crippen LogP contribution is 2.09. The number of likely N-dealkylation sites (N-methyl/N-ethyl adjacent to an activating group) is 1. The van der Waals surface area contributed by atoms with Crippen molar-refractivity contribution in [2.24, 2.45) is 0 Å². The molecule has 16 heavy (non-hydrogen) atoms. The zero-order chi connectivity index (χ0) is 11.6. The van der Waals surface area contributed by atoms with E-state index in [2.05, 4.69) is 12.2 Å². The molecule has 0 amide bonds. The van der Waals surface area contributed by atoms with Crippen LogP contribution in [-0.2, 0) is 4.74 Å². The Morgan fingerprint density at radius 2 is 2.00 bits per heavy atom. The topological polar surface area (TPSA) is 30.5 Å². The molecule has 0 heterocycles. The number of benzene rings is 1. The first-order valence-electron chi connectivity index (χ1n) is 5.77. The minimum atomic E-state index is 0.352. The molecule has 0 aliphatic carbocycles. The second-order valence-corrected chi connectivity index (χ2v) is 3.66. The highest BCUT2D eigenvalue weighted by Gasteiger charge is 2.07. The molecule has 1 N–H and O–H groups in total. The van der Waals surface area contributed by atoms with Gasteiger partial charge >= 0.3 is 0 Å². The van der Waals surface area contributed by atoms with Gasteiger partial charge < -0.3 is 14.8 Å². The molecule has 0 radical (unpaired) electrons. The van der Waals surface area contributed by atoms with Crippen LogP contribution >= 0.6 is 0 Å². The molecule has 1 rings (SSSR count). The molecule has 1 atom stereocenters. The first-order valence-corrected chi connectivity index (χ1v) is 5.77. The normalized spacial score (nSPS) is 12.4. The highest BCUT2D eigenvalue weighted by atomic mass is 16.5. The maximum absolute atomic E-state index is 5.70. The predicted octanol–water partition coefficient (Wildman–Crippen LogP) is 2.08. The summed E-state index contributed by atoms with van der Waals surface area (Å²) in [7, 11) is 1.72. The summed E-state index contributed by atoms with van der Waals surface area (Å²) in [6.45, 7) is 4.49. The van der Waals surface area contributed by atoms with Gasteiger partial charge in [-0.15, -0.1) is 0 Å². The van der Waals surface area contributed by atoms with Crippen molar-refractivity contribution in [3.05, 3.63) is 30.3 Å². The lowest BCUT2D eigenvalue weighted by Gasteiger charge is -2.18. The number of hydrogen-bond acceptors (Lipinski definition) is 3. The van der Waals surface area contributed by atoms with Crippen molar-refractivity contribution in [3.63, 3.8) is 0 Å². The summed E-state index contributed by atoms with van der Waals surface area (Å²) in [4.78, 5) is 0. The zero-order valence-corrected chi connectivity index (χ0v) is 10.1. The van der Waals surface area contributed by atoms with Crippen LogP contribution in [0.2, 0.25) is 0 Å². The van der Waals surface area contributed by atoms with E-state index in [0.29, 0.717) is 12.6 Å². The Labute approximate surface area is 97.8 Å². The number of rotatable bonds is 8. The van der Waals surface area contributed by atoms with Crippen LogP contribution < -0.4 is 10.1 Å². The van der Waals surface area contributed by atoms with Gasteiger partial charge in [-0.1, -0.05) is 25.1 Å². The number of methoxy groups -OCH3 is 1. The van der Waals surface area contributed by atoms with Gasteiger partial charge in [-0.2, -0.15) is 0 Å². The Bertz CT molecular complexity index is 264. The van der Waals surface area contributed by atoms with Gasteiger partial charge in [0.15, 0.2) is 0 Å². The van der Waals surface area contributed by atoms with E-state index >= 15 is 0 Å². The first-order chi connectivity index (χ1) is 7.86. The van der Waals surface area contributed by atoms with Gasteiger partial charge in [-0.05, 0) is 25.1 Å². The maximum atomic E-state index is 5.70. The summed E-state index contributed by atoms with van der Waals surface area (Å²) < 4.78 is 10.8. The third-order valence-electron chi connectivity index (χ3n) is 2.36. The van der Waals surface area contributed by atoms with Crippen LogP contribution in [0.15, 0.2) is 30.3 Å². The molecule has 0 spiro atoms. The second kappa shape index (κ2) is 8.13. The van der Waals surface area contributed by atoms with Gasteiger partial charge in [0, 0.05) is 19.8 Å². The lowest BCUT2D eigenvalue weighted by Crippen LogP contribution is -2.35. The Morgan fingerprint density at radius 3 is 2.62 bits per heavy atom. The van der Waals surface area contributed by atoms with Crippen molar-refractivity contribution in [2.45, 2.75) is 19.4 Å². The number of ether oxygens (including phenoxy) is 2.